The maximum absolute atomic E-state index is 12.7. The van der Waals surface area contributed by atoms with Crippen molar-refractivity contribution in [2.75, 3.05) is 19.6 Å². The van der Waals surface area contributed by atoms with Crippen LogP contribution < -0.4 is 5.32 Å². The highest BCUT2D eigenvalue weighted by Gasteiger charge is 2.17. The number of imidazole rings is 1. The van der Waals surface area contributed by atoms with Crippen LogP contribution in [-0.4, -0.2) is 45.9 Å². The molecule has 2 aromatic rings. The smallest absolute Gasteiger partial charge is 0.243 e. The van der Waals surface area contributed by atoms with Crippen LogP contribution in [0.2, 0.25) is 0 Å². The van der Waals surface area contributed by atoms with Crippen molar-refractivity contribution in [3.05, 3.63) is 55.4 Å². The standard InChI is InChI=1S/C20H26N4O2/c1-4-13-23(14-5-2)20(26)15-24-17-10-8-7-9-16(17)22-18(24)11-12-21-19(25)6-3/h4-5,7-10H,1-2,6,11-15H2,3H3,(H,21,25). The number of carbonyl (C=O) groups excluding carboxylic acids is 2. The lowest BCUT2D eigenvalue weighted by atomic mass is 10.3. The molecule has 1 heterocycles. The number of nitrogens with zero attached hydrogens (tertiary/aromatic N) is 3. The first-order valence-electron chi connectivity index (χ1n) is 8.81. The molecule has 0 aliphatic heterocycles. The average molecular weight is 354 g/mol. The van der Waals surface area contributed by atoms with Crippen LogP contribution in [0.3, 0.4) is 0 Å². The van der Waals surface area contributed by atoms with E-state index in [9.17, 15) is 9.59 Å². The number of para-hydroxylation sites is 2. The molecule has 0 atom stereocenters. The third-order valence-corrected chi connectivity index (χ3v) is 4.07. The monoisotopic (exact) mass is 354 g/mol. The molecule has 0 bridgehead atoms. The summed E-state index contributed by atoms with van der Waals surface area (Å²) < 4.78 is 1.93. The van der Waals surface area contributed by atoms with Crippen LogP contribution in [0.4, 0.5) is 0 Å². The molecule has 0 aliphatic rings. The number of nitrogens with one attached hydrogen (secondary N) is 1. The summed E-state index contributed by atoms with van der Waals surface area (Å²) in [6, 6.07) is 7.73. The minimum Gasteiger partial charge on any atom is -0.356 e. The fourth-order valence-corrected chi connectivity index (χ4v) is 2.76. The Labute approximate surface area is 154 Å². The van der Waals surface area contributed by atoms with Gasteiger partial charge in [-0.1, -0.05) is 31.2 Å². The zero-order valence-electron chi connectivity index (χ0n) is 15.3. The normalized spacial score (nSPS) is 10.5. The van der Waals surface area contributed by atoms with Gasteiger partial charge in [0.2, 0.25) is 11.8 Å². The van der Waals surface area contributed by atoms with Gasteiger partial charge in [-0.2, -0.15) is 0 Å². The molecule has 6 nitrogen and oxygen atoms in total. The molecule has 1 N–H and O–H groups in total. The van der Waals surface area contributed by atoms with Gasteiger partial charge in [-0.05, 0) is 12.1 Å². The summed E-state index contributed by atoms with van der Waals surface area (Å²) >= 11 is 0. The van der Waals surface area contributed by atoms with Crippen molar-refractivity contribution in [3.8, 4) is 0 Å². The number of rotatable bonds is 10. The number of aromatic nitrogens is 2. The van der Waals surface area contributed by atoms with Gasteiger partial charge in [0, 0.05) is 32.5 Å². The first-order valence-corrected chi connectivity index (χ1v) is 8.81. The average Bonchev–Trinajstić information content (AvgIpc) is 2.99. The van der Waals surface area contributed by atoms with Gasteiger partial charge in [-0.3, -0.25) is 9.59 Å². The van der Waals surface area contributed by atoms with E-state index in [1.807, 2.05) is 35.8 Å². The van der Waals surface area contributed by atoms with Crippen LogP contribution >= 0.6 is 0 Å². The maximum Gasteiger partial charge on any atom is 0.243 e. The zero-order chi connectivity index (χ0) is 18.9. The lowest BCUT2D eigenvalue weighted by Gasteiger charge is -2.20. The lowest BCUT2D eigenvalue weighted by Crippen LogP contribution is -2.34. The molecule has 2 rings (SSSR count). The minimum atomic E-state index is -0.0215. The Bertz CT molecular complexity index is 784. The largest absolute Gasteiger partial charge is 0.356 e. The molecule has 6 heteroatoms. The van der Waals surface area contributed by atoms with Crippen LogP contribution in [0.15, 0.2) is 49.6 Å². The van der Waals surface area contributed by atoms with E-state index in [2.05, 4.69) is 23.5 Å². The molecule has 138 valence electrons. The predicted octanol–water partition coefficient (Wildman–Crippen LogP) is 2.31. The maximum atomic E-state index is 12.7. The fourth-order valence-electron chi connectivity index (χ4n) is 2.76. The predicted molar refractivity (Wildman–Crippen MR) is 104 cm³/mol. The highest BCUT2D eigenvalue weighted by molar-refractivity contribution is 5.81. The molecule has 2 amide bonds. The molecular weight excluding hydrogens is 328 g/mol. The van der Waals surface area contributed by atoms with Crippen molar-refractivity contribution >= 4 is 22.8 Å². The molecule has 0 spiro atoms. The van der Waals surface area contributed by atoms with Crippen LogP contribution in [0.5, 0.6) is 0 Å². The van der Waals surface area contributed by atoms with Gasteiger partial charge >= 0.3 is 0 Å². The molecule has 0 fully saturated rings. The number of carbonyl (C=O) groups is 2. The quantitative estimate of drug-likeness (QED) is 0.666. The zero-order valence-corrected chi connectivity index (χ0v) is 15.3. The van der Waals surface area contributed by atoms with E-state index in [0.29, 0.717) is 32.5 Å². The summed E-state index contributed by atoms with van der Waals surface area (Å²) in [5, 5.41) is 2.85. The lowest BCUT2D eigenvalue weighted by molar-refractivity contribution is -0.130. The molecule has 1 aromatic heterocycles. The number of amides is 2. The second-order valence-electron chi connectivity index (χ2n) is 5.93. The van der Waals surface area contributed by atoms with Crippen LogP contribution in [-0.2, 0) is 22.6 Å². The third kappa shape index (κ3) is 4.81. The van der Waals surface area contributed by atoms with Crippen molar-refractivity contribution < 1.29 is 9.59 Å². The van der Waals surface area contributed by atoms with E-state index in [1.165, 1.54) is 0 Å². The summed E-state index contributed by atoms with van der Waals surface area (Å²) in [7, 11) is 0. The Morgan fingerprint density at radius 1 is 1.23 bits per heavy atom. The summed E-state index contributed by atoms with van der Waals surface area (Å²) in [4.78, 5) is 30.5. The third-order valence-electron chi connectivity index (χ3n) is 4.07. The molecule has 0 unspecified atom stereocenters. The Morgan fingerprint density at radius 3 is 2.58 bits per heavy atom. The Morgan fingerprint density at radius 2 is 1.92 bits per heavy atom. The van der Waals surface area contributed by atoms with Crippen molar-refractivity contribution in [2.45, 2.75) is 26.3 Å². The summed E-state index contributed by atoms with van der Waals surface area (Å²) in [6.45, 7) is 10.9. The van der Waals surface area contributed by atoms with Gasteiger partial charge in [0.05, 0.1) is 11.0 Å². The second-order valence-corrected chi connectivity index (χ2v) is 5.93. The molecule has 26 heavy (non-hydrogen) atoms. The van der Waals surface area contributed by atoms with Crippen molar-refractivity contribution in [2.24, 2.45) is 0 Å². The van der Waals surface area contributed by atoms with E-state index in [0.717, 1.165) is 16.9 Å². The Hall–Kier alpha value is -2.89. The van der Waals surface area contributed by atoms with Crippen LogP contribution in [0.1, 0.15) is 19.2 Å². The topological polar surface area (TPSA) is 67.2 Å². The summed E-state index contributed by atoms with van der Waals surface area (Å²) in [6.07, 6.45) is 4.42. The van der Waals surface area contributed by atoms with Gasteiger partial charge in [-0.25, -0.2) is 4.98 Å². The van der Waals surface area contributed by atoms with E-state index in [1.54, 1.807) is 17.1 Å². The van der Waals surface area contributed by atoms with Gasteiger partial charge in [0.15, 0.2) is 0 Å². The second kappa shape index (κ2) is 9.56. The SMILES string of the molecule is C=CCN(CC=C)C(=O)Cn1c(CCNC(=O)CC)nc2ccccc21. The minimum absolute atomic E-state index is 0.00637. The number of hydrogen-bond acceptors (Lipinski definition) is 3. The summed E-state index contributed by atoms with van der Waals surface area (Å²) in [5.41, 5.74) is 1.76. The number of fused-ring (bicyclic) bond motifs is 1. The van der Waals surface area contributed by atoms with E-state index in [-0.39, 0.29) is 18.4 Å². The van der Waals surface area contributed by atoms with Gasteiger partial charge in [0.1, 0.15) is 12.4 Å². The number of benzene rings is 1. The fraction of sp³-hybridized carbons (Fsp3) is 0.350. The van der Waals surface area contributed by atoms with Crippen LogP contribution in [0, 0.1) is 0 Å². The van der Waals surface area contributed by atoms with Crippen molar-refractivity contribution in [1.82, 2.24) is 19.8 Å². The first-order chi connectivity index (χ1) is 12.6. The van der Waals surface area contributed by atoms with Crippen LogP contribution in [0.25, 0.3) is 11.0 Å². The highest BCUT2D eigenvalue weighted by atomic mass is 16.2. The van der Waals surface area contributed by atoms with E-state index >= 15 is 0 Å². The Balaban J connectivity index is 2.24. The molecule has 0 saturated heterocycles. The highest BCUT2D eigenvalue weighted by Crippen LogP contribution is 2.17. The Kier molecular flexibility index (Phi) is 7.14. The van der Waals surface area contributed by atoms with Gasteiger partial charge in [-0.15, -0.1) is 13.2 Å². The number of hydrogen-bond donors (Lipinski definition) is 1. The molecule has 0 radical (unpaired) electrons. The molecule has 0 saturated carbocycles. The van der Waals surface area contributed by atoms with Crippen molar-refractivity contribution in [3.63, 3.8) is 0 Å². The summed E-state index contributed by atoms with van der Waals surface area (Å²) in [5.74, 6) is 0.770. The van der Waals surface area contributed by atoms with E-state index < -0.39 is 0 Å². The molecule has 0 aliphatic carbocycles. The van der Waals surface area contributed by atoms with Crippen molar-refractivity contribution in [1.29, 1.82) is 0 Å². The van der Waals surface area contributed by atoms with Gasteiger partial charge < -0.3 is 14.8 Å². The molecular formula is C20H26N4O2. The van der Waals surface area contributed by atoms with E-state index in [4.69, 9.17) is 0 Å². The van der Waals surface area contributed by atoms with Gasteiger partial charge in [0.25, 0.3) is 0 Å². The first kappa shape index (κ1) is 19.4. The molecule has 1 aromatic carbocycles.